The molecule has 0 aliphatic carbocycles. The first-order chi connectivity index (χ1) is 11.1. The zero-order chi connectivity index (χ0) is 16.1. The topological polar surface area (TPSA) is 74.3 Å². The molecule has 2 N–H and O–H groups in total. The van der Waals surface area contributed by atoms with Gasteiger partial charge in [0.2, 0.25) is 5.91 Å². The lowest BCUT2D eigenvalue weighted by molar-refractivity contribution is -0.116. The van der Waals surface area contributed by atoms with Crippen molar-refractivity contribution in [3.05, 3.63) is 63.4 Å². The molecule has 1 amide bonds. The van der Waals surface area contributed by atoms with Crippen LogP contribution < -0.4 is 5.32 Å². The molecule has 2 heterocycles. The first-order valence-corrected chi connectivity index (χ1v) is 7.21. The van der Waals surface area contributed by atoms with E-state index in [1.54, 1.807) is 18.2 Å². The lowest BCUT2D eigenvalue weighted by Crippen LogP contribution is -2.13. The molecule has 0 radical (unpaired) electrons. The molecule has 5 nitrogen and oxygen atoms in total. The van der Waals surface area contributed by atoms with E-state index in [9.17, 15) is 14.1 Å². The van der Waals surface area contributed by atoms with Crippen molar-refractivity contribution in [2.24, 2.45) is 5.18 Å². The van der Waals surface area contributed by atoms with Crippen LogP contribution in [0.1, 0.15) is 17.2 Å². The number of H-pyrrole nitrogens is 1. The molecule has 23 heavy (non-hydrogen) atoms. The van der Waals surface area contributed by atoms with E-state index in [-0.39, 0.29) is 11.6 Å². The van der Waals surface area contributed by atoms with E-state index in [1.807, 2.05) is 0 Å². The smallest absolute Gasteiger partial charge is 0.238 e. The molecule has 1 aliphatic heterocycles. The summed E-state index contributed by atoms with van der Waals surface area (Å²) in [6.45, 7) is 0. The number of halogens is 2. The molecule has 0 fully saturated rings. The Morgan fingerprint density at radius 3 is 2.78 bits per heavy atom. The number of nitrogens with zero attached hydrogens (tertiary/aromatic N) is 1. The number of amides is 1. The van der Waals surface area contributed by atoms with E-state index in [2.05, 4.69) is 15.5 Å². The van der Waals surface area contributed by atoms with Gasteiger partial charge in [-0.1, -0.05) is 11.6 Å². The Balaban J connectivity index is 1.98. The Labute approximate surface area is 134 Å². The van der Waals surface area contributed by atoms with Gasteiger partial charge in [0.15, 0.2) is 0 Å². The predicted molar refractivity (Wildman–Crippen MR) is 85.6 cm³/mol. The van der Waals surface area contributed by atoms with Gasteiger partial charge >= 0.3 is 0 Å². The normalized spacial score (nSPS) is 16.4. The van der Waals surface area contributed by atoms with E-state index in [4.69, 9.17) is 11.6 Å². The summed E-state index contributed by atoms with van der Waals surface area (Å²) in [4.78, 5) is 26.7. The number of nitroso groups, excluding NO2 is 1. The summed E-state index contributed by atoms with van der Waals surface area (Å²) in [5.74, 6) is -1.61. The second kappa shape index (κ2) is 4.89. The Morgan fingerprint density at radius 1 is 1.17 bits per heavy atom. The monoisotopic (exact) mass is 329 g/mol. The van der Waals surface area contributed by atoms with Gasteiger partial charge in [-0.15, -0.1) is 4.91 Å². The summed E-state index contributed by atoms with van der Waals surface area (Å²) in [6, 6.07) is 9.02. The Hall–Kier alpha value is -2.73. The van der Waals surface area contributed by atoms with Gasteiger partial charge in [0.1, 0.15) is 17.4 Å². The molecule has 0 saturated carbocycles. The summed E-state index contributed by atoms with van der Waals surface area (Å²) in [5, 5.41) is 6.73. The fraction of sp³-hybridized carbons (Fsp3) is 0.0625. The summed E-state index contributed by atoms with van der Waals surface area (Å²) >= 11 is 5.96. The average molecular weight is 330 g/mol. The zero-order valence-electron chi connectivity index (χ0n) is 11.6. The number of benzene rings is 2. The van der Waals surface area contributed by atoms with Crippen LogP contribution in [0.4, 0.5) is 15.8 Å². The van der Waals surface area contributed by atoms with Crippen molar-refractivity contribution >= 4 is 39.8 Å². The van der Waals surface area contributed by atoms with E-state index in [0.717, 1.165) is 0 Å². The van der Waals surface area contributed by atoms with Gasteiger partial charge in [0.25, 0.3) is 0 Å². The summed E-state index contributed by atoms with van der Waals surface area (Å²) in [6.07, 6.45) is 0. The zero-order valence-corrected chi connectivity index (χ0v) is 12.3. The van der Waals surface area contributed by atoms with Crippen LogP contribution in [0.25, 0.3) is 10.9 Å². The fourth-order valence-corrected chi connectivity index (χ4v) is 3.17. The summed E-state index contributed by atoms with van der Waals surface area (Å²) < 4.78 is 13.6. The van der Waals surface area contributed by atoms with Gasteiger partial charge in [0.05, 0.1) is 5.69 Å². The van der Waals surface area contributed by atoms with Gasteiger partial charge in [-0.2, -0.15) is 0 Å². The maximum Gasteiger partial charge on any atom is 0.238 e. The quantitative estimate of drug-likeness (QED) is 0.682. The van der Waals surface area contributed by atoms with Gasteiger partial charge in [-0.25, -0.2) is 4.39 Å². The Kier molecular flexibility index (Phi) is 2.96. The maximum atomic E-state index is 13.6. The van der Waals surface area contributed by atoms with Crippen molar-refractivity contribution in [1.82, 2.24) is 4.98 Å². The van der Waals surface area contributed by atoms with E-state index in [1.165, 1.54) is 18.2 Å². The van der Waals surface area contributed by atoms with Gasteiger partial charge in [-0.3, -0.25) is 4.79 Å². The van der Waals surface area contributed by atoms with Crippen LogP contribution in [-0.2, 0) is 4.79 Å². The van der Waals surface area contributed by atoms with Crippen LogP contribution in [0, 0.1) is 10.7 Å². The van der Waals surface area contributed by atoms with Gasteiger partial charge in [0, 0.05) is 21.6 Å². The van der Waals surface area contributed by atoms with Gasteiger partial charge in [-0.05, 0) is 47.1 Å². The minimum absolute atomic E-state index is 0.111. The van der Waals surface area contributed by atoms with Crippen molar-refractivity contribution in [3.8, 4) is 0 Å². The number of hydrogen-bond donors (Lipinski definition) is 2. The molecule has 1 aliphatic rings. The first kappa shape index (κ1) is 13.9. The number of anilines is 1. The van der Waals surface area contributed by atoms with Crippen molar-refractivity contribution in [2.75, 3.05) is 5.32 Å². The second-order valence-electron chi connectivity index (χ2n) is 5.32. The number of carbonyl (C=O) groups excluding carboxylic acids is 1. The first-order valence-electron chi connectivity index (χ1n) is 6.83. The third-order valence-electron chi connectivity index (χ3n) is 3.99. The second-order valence-corrected chi connectivity index (χ2v) is 5.76. The molecule has 4 rings (SSSR count). The molecule has 3 aromatic rings. The summed E-state index contributed by atoms with van der Waals surface area (Å²) in [7, 11) is 0. The minimum Gasteiger partial charge on any atom is -0.356 e. The highest BCUT2D eigenvalue weighted by molar-refractivity contribution is 6.31. The van der Waals surface area contributed by atoms with E-state index >= 15 is 0 Å². The molecule has 1 aromatic heterocycles. The van der Waals surface area contributed by atoms with Crippen molar-refractivity contribution < 1.29 is 9.18 Å². The molecule has 7 heteroatoms. The minimum atomic E-state index is -0.820. The molecule has 2 aromatic carbocycles. The van der Waals surface area contributed by atoms with Crippen LogP contribution in [-0.4, -0.2) is 10.9 Å². The van der Waals surface area contributed by atoms with Crippen LogP contribution >= 0.6 is 11.6 Å². The molecule has 114 valence electrons. The third-order valence-corrected chi connectivity index (χ3v) is 4.22. The highest BCUT2D eigenvalue weighted by atomic mass is 35.5. The maximum absolute atomic E-state index is 13.6. The number of nitrogens with one attached hydrogen (secondary N) is 2. The number of aromatic amines is 1. The van der Waals surface area contributed by atoms with Crippen molar-refractivity contribution in [2.45, 2.75) is 5.92 Å². The lowest BCUT2D eigenvalue weighted by Gasteiger charge is -2.07. The Bertz CT molecular complexity index is 983. The van der Waals surface area contributed by atoms with Crippen LogP contribution in [0.3, 0.4) is 0 Å². The van der Waals surface area contributed by atoms with E-state index < -0.39 is 11.7 Å². The van der Waals surface area contributed by atoms with E-state index in [0.29, 0.717) is 32.9 Å². The van der Waals surface area contributed by atoms with Gasteiger partial charge < -0.3 is 10.3 Å². The molecule has 1 atom stereocenters. The molecule has 0 spiro atoms. The largest absolute Gasteiger partial charge is 0.356 e. The SMILES string of the molecule is O=Nc1c(C2C(=O)Nc3ccc(F)cc32)[nH]c2ccc(Cl)cc12. The predicted octanol–water partition coefficient (Wildman–Crippen LogP) is 4.44. The van der Waals surface area contributed by atoms with Crippen molar-refractivity contribution in [3.63, 3.8) is 0 Å². The highest BCUT2D eigenvalue weighted by Crippen LogP contribution is 2.43. The molecular formula is C16H9ClFN3O2. The fourth-order valence-electron chi connectivity index (χ4n) is 3.00. The third kappa shape index (κ3) is 2.03. The van der Waals surface area contributed by atoms with Crippen LogP contribution in [0.15, 0.2) is 41.6 Å². The number of fused-ring (bicyclic) bond motifs is 2. The van der Waals surface area contributed by atoms with Crippen LogP contribution in [0.2, 0.25) is 5.02 Å². The molecule has 0 bridgehead atoms. The highest BCUT2D eigenvalue weighted by Gasteiger charge is 2.36. The number of hydrogen-bond acceptors (Lipinski definition) is 3. The standard InChI is InChI=1S/C16H9ClFN3O2/c17-7-1-3-12-10(5-7)14(21-23)15(19-12)13-9-6-8(18)2-4-11(9)20-16(13)22/h1-6,13,19H,(H,20,22). The van der Waals surface area contributed by atoms with Crippen molar-refractivity contribution in [1.29, 1.82) is 0 Å². The molecular weight excluding hydrogens is 321 g/mol. The van der Waals surface area contributed by atoms with Crippen LogP contribution in [0.5, 0.6) is 0 Å². The number of carbonyl (C=O) groups is 1. The lowest BCUT2D eigenvalue weighted by atomic mass is 9.96. The Morgan fingerprint density at radius 2 is 2.00 bits per heavy atom. The summed E-state index contributed by atoms with van der Waals surface area (Å²) in [5.41, 5.74) is 2.07. The average Bonchev–Trinajstić information content (AvgIpc) is 3.02. The molecule has 0 saturated heterocycles. The number of rotatable bonds is 2. The molecule has 1 unspecified atom stereocenters. The number of aromatic nitrogens is 1.